The van der Waals surface area contributed by atoms with Gasteiger partial charge in [0.25, 0.3) is 5.91 Å². The van der Waals surface area contributed by atoms with Crippen LogP contribution in [-0.2, 0) is 6.54 Å². The number of pyridine rings is 1. The van der Waals surface area contributed by atoms with Crippen LogP contribution in [0.1, 0.15) is 17.4 Å². The average molecular weight is 298 g/mol. The zero-order valence-corrected chi connectivity index (χ0v) is 12.3. The Morgan fingerprint density at radius 3 is 2.81 bits per heavy atom. The predicted molar refractivity (Wildman–Crippen MR) is 83.4 cm³/mol. The molecule has 0 unspecified atom stereocenters. The summed E-state index contributed by atoms with van der Waals surface area (Å²) in [6.07, 6.45) is 3.27. The van der Waals surface area contributed by atoms with Crippen molar-refractivity contribution in [3.8, 4) is 11.3 Å². The summed E-state index contributed by atoms with van der Waals surface area (Å²) in [5.74, 6) is -0.218. The van der Waals surface area contributed by atoms with Crippen molar-refractivity contribution in [3.05, 3.63) is 53.1 Å². The lowest BCUT2D eigenvalue weighted by Gasteiger charge is -2.02. The van der Waals surface area contributed by atoms with E-state index >= 15 is 0 Å². The van der Waals surface area contributed by atoms with Gasteiger partial charge in [0.05, 0.1) is 5.69 Å². The molecule has 0 atom stereocenters. The molecule has 3 rings (SSSR count). The maximum absolute atomic E-state index is 12.3. The van der Waals surface area contributed by atoms with E-state index < -0.39 is 0 Å². The quantitative estimate of drug-likeness (QED) is 0.804. The maximum Gasteiger partial charge on any atom is 0.276 e. The second kappa shape index (κ2) is 5.88. The minimum atomic E-state index is -0.218. The SMILES string of the molecule is CCn1nc(C(=O)Nc2ccncc2)cc1-c1ccsc1. The van der Waals surface area contributed by atoms with Crippen molar-refractivity contribution in [2.24, 2.45) is 0 Å². The van der Waals surface area contributed by atoms with E-state index in [-0.39, 0.29) is 5.91 Å². The Hall–Kier alpha value is -2.47. The first-order valence-corrected chi connectivity index (χ1v) is 7.54. The van der Waals surface area contributed by atoms with Crippen LogP contribution in [0.15, 0.2) is 47.4 Å². The van der Waals surface area contributed by atoms with Crippen LogP contribution in [0.3, 0.4) is 0 Å². The number of rotatable bonds is 4. The summed E-state index contributed by atoms with van der Waals surface area (Å²) in [6.45, 7) is 2.72. The van der Waals surface area contributed by atoms with Gasteiger partial charge < -0.3 is 5.32 Å². The molecule has 0 saturated carbocycles. The zero-order valence-electron chi connectivity index (χ0n) is 11.5. The first-order chi connectivity index (χ1) is 10.3. The highest BCUT2D eigenvalue weighted by Gasteiger charge is 2.15. The molecule has 0 saturated heterocycles. The number of carbonyl (C=O) groups excluding carboxylic acids is 1. The standard InChI is InChI=1S/C15H14N4OS/c1-2-19-14(11-5-8-21-10-11)9-13(18-19)15(20)17-12-3-6-16-7-4-12/h3-10H,2H2,1H3,(H,16,17,20). The molecule has 1 N–H and O–H groups in total. The fourth-order valence-corrected chi connectivity index (χ4v) is 2.69. The van der Waals surface area contributed by atoms with Gasteiger partial charge in [-0.15, -0.1) is 0 Å². The molecule has 5 nitrogen and oxygen atoms in total. The lowest BCUT2D eigenvalue weighted by molar-refractivity contribution is 0.102. The third-order valence-corrected chi connectivity index (χ3v) is 3.75. The van der Waals surface area contributed by atoms with Gasteiger partial charge in [-0.2, -0.15) is 16.4 Å². The highest BCUT2D eigenvalue weighted by Crippen LogP contribution is 2.23. The number of anilines is 1. The molecule has 0 spiro atoms. The summed E-state index contributed by atoms with van der Waals surface area (Å²) in [5, 5.41) is 11.3. The fraction of sp³-hybridized carbons (Fsp3) is 0.133. The Labute approximate surface area is 126 Å². The van der Waals surface area contributed by atoms with Gasteiger partial charge in [0, 0.05) is 35.6 Å². The van der Waals surface area contributed by atoms with Crippen LogP contribution in [0.4, 0.5) is 5.69 Å². The topological polar surface area (TPSA) is 59.8 Å². The smallest absolute Gasteiger partial charge is 0.276 e. The van der Waals surface area contributed by atoms with Crippen LogP contribution in [0.25, 0.3) is 11.3 Å². The van der Waals surface area contributed by atoms with Crippen LogP contribution in [0, 0.1) is 0 Å². The minimum Gasteiger partial charge on any atom is -0.320 e. The van der Waals surface area contributed by atoms with Crippen LogP contribution in [0.5, 0.6) is 0 Å². The molecular weight excluding hydrogens is 284 g/mol. The first kappa shape index (κ1) is 13.5. The minimum absolute atomic E-state index is 0.218. The number of aryl methyl sites for hydroxylation is 1. The summed E-state index contributed by atoms with van der Waals surface area (Å²) in [7, 11) is 0. The molecule has 0 fully saturated rings. The molecule has 0 aliphatic rings. The van der Waals surface area contributed by atoms with Crippen molar-refractivity contribution >= 4 is 22.9 Å². The second-order valence-electron chi connectivity index (χ2n) is 4.43. The van der Waals surface area contributed by atoms with E-state index in [1.54, 1.807) is 35.9 Å². The summed E-state index contributed by atoms with van der Waals surface area (Å²) in [5.41, 5.74) is 3.16. The highest BCUT2D eigenvalue weighted by molar-refractivity contribution is 7.08. The van der Waals surface area contributed by atoms with E-state index in [9.17, 15) is 4.79 Å². The van der Waals surface area contributed by atoms with Crippen molar-refractivity contribution in [1.29, 1.82) is 0 Å². The fourth-order valence-electron chi connectivity index (χ4n) is 2.04. The monoisotopic (exact) mass is 298 g/mol. The third kappa shape index (κ3) is 2.85. The second-order valence-corrected chi connectivity index (χ2v) is 5.21. The van der Waals surface area contributed by atoms with Gasteiger partial charge >= 0.3 is 0 Å². The number of aromatic nitrogens is 3. The Kier molecular flexibility index (Phi) is 3.79. The molecular formula is C15H14N4OS. The predicted octanol–water partition coefficient (Wildman–Crippen LogP) is 3.28. The van der Waals surface area contributed by atoms with Crippen molar-refractivity contribution < 1.29 is 4.79 Å². The van der Waals surface area contributed by atoms with E-state index in [4.69, 9.17) is 0 Å². The van der Waals surface area contributed by atoms with E-state index in [0.29, 0.717) is 17.9 Å². The van der Waals surface area contributed by atoms with E-state index in [1.165, 1.54) is 0 Å². The molecule has 21 heavy (non-hydrogen) atoms. The third-order valence-electron chi connectivity index (χ3n) is 3.07. The van der Waals surface area contributed by atoms with E-state index in [1.807, 2.05) is 34.5 Å². The highest BCUT2D eigenvalue weighted by atomic mass is 32.1. The molecule has 3 heterocycles. The van der Waals surface area contributed by atoms with E-state index in [0.717, 1.165) is 11.3 Å². The number of amides is 1. The summed E-state index contributed by atoms with van der Waals surface area (Å²) in [4.78, 5) is 16.2. The summed E-state index contributed by atoms with van der Waals surface area (Å²) < 4.78 is 1.84. The number of carbonyl (C=O) groups is 1. The lowest BCUT2D eigenvalue weighted by atomic mass is 10.2. The van der Waals surface area contributed by atoms with Crippen molar-refractivity contribution in [2.75, 3.05) is 5.32 Å². The maximum atomic E-state index is 12.3. The van der Waals surface area contributed by atoms with E-state index in [2.05, 4.69) is 15.4 Å². The van der Waals surface area contributed by atoms with Gasteiger partial charge in [0.2, 0.25) is 0 Å². The molecule has 106 valence electrons. The molecule has 0 bridgehead atoms. The van der Waals surface area contributed by atoms with Gasteiger partial charge in [-0.1, -0.05) is 0 Å². The van der Waals surface area contributed by atoms with Gasteiger partial charge in [0.1, 0.15) is 0 Å². The Bertz CT molecular complexity index is 734. The van der Waals surface area contributed by atoms with Crippen LogP contribution in [-0.4, -0.2) is 20.7 Å². The molecule has 1 amide bonds. The van der Waals surface area contributed by atoms with Crippen molar-refractivity contribution in [3.63, 3.8) is 0 Å². The molecule has 0 aliphatic heterocycles. The zero-order chi connectivity index (χ0) is 14.7. The first-order valence-electron chi connectivity index (χ1n) is 6.59. The van der Waals surface area contributed by atoms with Gasteiger partial charge in [-0.25, -0.2) is 0 Å². The van der Waals surface area contributed by atoms with Crippen molar-refractivity contribution in [1.82, 2.24) is 14.8 Å². The van der Waals surface area contributed by atoms with Gasteiger partial charge in [-0.3, -0.25) is 14.5 Å². The number of nitrogens with zero attached hydrogens (tertiary/aromatic N) is 3. The Balaban J connectivity index is 1.87. The Morgan fingerprint density at radius 2 is 2.14 bits per heavy atom. The molecule has 3 aromatic heterocycles. The summed E-state index contributed by atoms with van der Waals surface area (Å²) >= 11 is 1.63. The molecule has 6 heteroatoms. The lowest BCUT2D eigenvalue weighted by Crippen LogP contribution is -2.13. The van der Waals surface area contributed by atoms with Gasteiger partial charge in [0.15, 0.2) is 5.69 Å². The van der Waals surface area contributed by atoms with Crippen LogP contribution < -0.4 is 5.32 Å². The molecule has 3 aromatic rings. The Morgan fingerprint density at radius 1 is 1.33 bits per heavy atom. The normalized spacial score (nSPS) is 10.5. The van der Waals surface area contributed by atoms with Crippen LogP contribution >= 0.6 is 11.3 Å². The average Bonchev–Trinajstić information content (AvgIpc) is 3.17. The molecule has 0 radical (unpaired) electrons. The number of thiophene rings is 1. The number of hydrogen-bond donors (Lipinski definition) is 1. The molecule has 0 aromatic carbocycles. The number of nitrogens with one attached hydrogen (secondary N) is 1. The largest absolute Gasteiger partial charge is 0.320 e. The van der Waals surface area contributed by atoms with Gasteiger partial charge in [-0.05, 0) is 36.6 Å². The van der Waals surface area contributed by atoms with Crippen molar-refractivity contribution in [2.45, 2.75) is 13.5 Å². The summed E-state index contributed by atoms with van der Waals surface area (Å²) in [6, 6.07) is 7.34. The molecule has 0 aliphatic carbocycles. The van der Waals surface area contributed by atoms with Crippen LogP contribution in [0.2, 0.25) is 0 Å². The number of hydrogen-bond acceptors (Lipinski definition) is 4.